The van der Waals surface area contributed by atoms with Crippen molar-refractivity contribution in [2.45, 2.75) is 10.1 Å². The summed E-state index contributed by atoms with van der Waals surface area (Å²) in [5, 5.41) is 11.6. The van der Waals surface area contributed by atoms with Crippen molar-refractivity contribution in [1.29, 1.82) is 0 Å². The third-order valence-electron chi connectivity index (χ3n) is 4.33. The predicted octanol–water partition coefficient (Wildman–Crippen LogP) is 3.91. The number of ketones is 1. The van der Waals surface area contributed by atoms with E-state index in [4.69, 9.17) is 11.6 Å². The molecule has 158 valence electrons. The molecule has 0 saturated carbocycles. The van der Waals surface area contributed by atoms with Gasteiger partial charge in [-0.3, -0.25) is 19.7 Å². The lowest BCUT2D eigenvalue weighted by Crippen LogP contribution is -2.41. The smallest absolute Gasteiger partial charge is 0.269 e. The minimum atomic E-state index is -4.42. The van der Waals surface area contributed by atoms with Crippen LogP contribution in [0.1, 0.15) is 10.4 Å². The number of sulfone groups is 1. The molecule has 0 aromatic heterocycles. The molecule has 0 aliphatic rings. The summed E-state index contributed by atoms with van der Waals surface area (Å²) in [7, 11) is -4.42. The van der Waals surface area contributed by atoms with Crippen molar-refractivity contribution in [2.75, 3.05) is 5.32 Å². The van der Waals surface area contributed by atoms with Gasteiger partial charge in [-0.05, 0) is 48.5 Å². The van der Waals surface area contributed by atoms with E-state index in [1.165, 1.54) is 48.5 Å². The minimum Gasteiger partial charge on any atom is -0.325 e. The summed E-state index contributed by atoms with van der Waals surface area (Å²) in [5.41, 5.74) is -0.176. The number of benzene rings is 3. The Morgan fingerprint density at radius 1 is 0.903 bits per heavy atom. The van der Waals surface area contributed by atoms with Crippen LogP contribution in [0, 0.1) is 10.1 Å². The number of hydrogen-bond donors (Lipinski definition) is 1. The van der Waals surface area contributed by atoms with Crippen LogP contribution in [0.4, 0.5) is 11.4 Å². The molecule has 0 aliphatic carbocycles. The monoisotopic (exact) mass is 458 g/mol. The van der Waals surface area contributed by atoms with E-state index >= 15 is 0 Å². The maximum absolute atomic E-state index is 13.2. The molecule has 3 aromatic carbocycles. The van der Waals surface area contributed by atoms with Crippen LogP contribution in [0.15, 0.2) is 83.8 Å². The lowest BCUT2D eigenvalue weighted by molar-refractivity contribution is -0.384. The minimum absolute atomic E-state index is 0.152. The van der Waals surface area contributed by atoms with E-state index in [1.807, 2.05) is 0 Å². The van der Waals surface area contributed by atoms with E-state index < -0.39 is 31.7 Å². The standard InChI is InChI=1S/C21H15ClN2O6S/c22-15-8-10-16(11-9-15)23-21(26)20(31(29,30)18-4-2-1-3-5-18)19(25)14-6-12-17(13-7-14)24(27)28/h1-13,20H,(H,23,26)/t20-/m0/s1. The van der Waals surface area contributed by atoms with Gasteiger partial charge in [-0.15, -0.1) is 0 Å². The van der Waals surface area contributed by atoms with E-state index in [0.717, 1.165) is 24.3 Å². The highest BCUT2D eigenvalue weighted by atomic mass is 35.5. The molecule has 3 rings (SSSR count). The lowest BCUT2D eigenvalue weighted by Gasteiger charge is -2.17. The summed E-state index contributed by atoms with van der Waals surface area (Å²) in [5.74, 6) is -2.07. The van der Waals surface area contributed by atoms with Gasteiger partial charge in [-0.25, -0.2) is 8.42 Å². The van der Waals surface area contributed by atoms with Gasteiger partial charge in [-0.1, -0.05) is 29.8 Å². The number of carbonyl (C=O) groups is 2. The van der Waals surface area contributed by atoms with E-state index in [0.29, 0.717) is 5.02 Å². The lowest BCUT2D eigenvalue weighted by atomic mass is 10.1. The second kappa shape index (κ2) is 9.07. The summed E-state index contributed by atoms with van der Waals surface area (Å²) in [4.78, 5) is 36.0. The van der Waals surface area contributed by atoms with Gasteiger partial charge in [0, 0.05) is 28.4 Å². The Balaban J connectivity index is 2.03. The Bertz CT molecular complexity index is 1230. The zero-order chi connectivity index (χ0) is 22.6. The molecule has 3 aromatic rings. The zero-order valence-corrected chi connectivity index (χ0v) is 17.3. The highest BCUT2D eigenvalue weighted by Gasteiger charge is 2.41. The highest BCUT2D eigenvalue weighted by molar-refractivity contribution is 7.93. The van der Waals surface area contributed by atoms with Crippen molar-refractivity contribution in [3.05, 3.63) is 99.6 Å². The molecular weight excluding hydrogens is 444 g/mol. The van der Waals surface area contributed by atoms with E-state index in [-0.39, 0.29) is 21.8 Å². The number of nitro groups is 1. The van der Waals surface area contributed by atoms with Crippen LogP contribution in [-0.4, -0.2) is 30.3 Å². The molecule has 1 amide bonds. The first-order valence-corrected chi connectivity index (χ1v) is 10.8. The molecule has 0 aliphatic heterocycles. The molecular formula is C21H15ClN2O6S. The van der Waals surface area contributed by atoms with Crippen LogP contribution in [0.25, 0.3) is 0 Å². The molecule has 0 heterocycles. The number of hydrogen-bond acceptors (Lipinski definition) is 6. The van der Waals surface area contributed by atoms with E-state index in [1.54, 1.807) is 6.07 Å². The summed E-state index contributed by atoms with van der Waals surface area (Å²) in [6, 6.07) is 17.4. The molecule has 0 spiro atoms. The second-order valence-electron chi connectivity index (χ2n) is 6.40. The normalized spacial score (nSPS) is 12.0. The van der Waals surface area contributed by atoms with Crippen LogP contribution >= 0.6 is 11.6 Å². The average Bonchev–Trinajstić information content (AvgIpc) is 2.76. The second-order valence-corrected chi connectivity index (χ2v) is 8.87. The zero-order valence-electron chi connectivity index (χ0n) is 15.8. The number of non-ortho nitro benzene ring substituents is 1. The van der Waals surface area contributed by atoms with Crippen molar-refractivity contribution in [3.63, 3.8) is 0 Å². The largest absolute Gasteiger partial charge is 0.325 e. The van der Waals surface area contributed by atoms with Gasteiger partial charge in [0.2, 0.25) is 5.25 Å². The fraction of sp³-hybridized carbons (Fsp3) is 0.0476. The molecule has 0 bridgehead atoms. The van der Waals surface area contributed by atoms with E-state index in [9.17, 15) is 28.1 Å². The number of nitro benzene ring substituents is 1. The third kappa shape index (κ3) is 4.96. The molecule has 8 nitrogen and oxygen atoms in total. The maximum Gasteiger partial charge on any atom is 0.269 e. The van der Waals surface area contributed by atoms with Crippen LogP contribution in [0.3, 0.4) is 0 Å². The molecule has 0 fully saturated rings. The van der Waals surface area contributed by atoms with Gasteiger partial charge < -0.3 is 5.32 Å². The fourth-order valence-corrected chi connectivity index (χ4v) is 4.48. The first-order chi connectivity index (χ1) is 14.7. The number of Topliss-reactive ketones (excluding diaryl/α,β-unsaturated/α-hetero) is 1. The van der Waals surface area contributed by atoms with Crippen LogP contribution in [0.5, 0.6) is 0 Å². The van der Waals surface area contributed by atoms with Gasteiger partial charge in [0.25, 0.3) is 11.6 Å². The van der Waals surface area contributed by atoms with Crippen molar-refractivity contribution < 1.29 is 22.9 Å². The van der Waals surface area contributed by atoms with Crippen molar-refractivity contribution >= 4 is 44.5 Å². The number of amides is 1. The summed E-state index contributed by atoms with van der Waals surface area (Å²) in [6.07, 6.45) is 0. The van der Waals surface area contributed by atoms with Gasteiger partial charge in [0.05, 0.1) is 9.82 Å². The van der Waals surface area contributed by atoms with Gasteiger partial charge in [0.1, 0.15) is 0 Å². The molecule has 1 atom stereocenters. The van der Waals surface area contributed by atoms with Gasteiger partial charge >= 0.3 is 0 Å². The van der Waals surface area contributed by atoms with Crippen molar-refractivity contribution in [2.24, 2.45) is 0 Å². The predicted molar refractivity (Wildman–Crippen MR) is 115 cm³/mol. The third-order valence-corrected chi connectivity index (χ3v) is 6.56. The highest BCUT2D eigenvalue weighted by Crippen LogP contribution is 2.23. The Morgan fingerprint density at radius 2 is 1.48 bits per heavy atom. The molecule has 31 heavy (non-hydrogen) atoms. The summed E-state index contributed by atoms with van der Waals surface area (Å²) >= 11 is 5.82. The molecule has 0 unspecified atom stereocenters. The van der Waals surface area contributed by atoms with Gasteiger partial charge in [0.15, 0.2) is 15.6 Å². The summed E-state index contributed by atoms with van der Waals surface area (Å²) in [6.45, 7) is 0. The van der Waals surface area contributed by atoms with Crippen molar-refractivity contribution in [1.82, 2.24) is 0 Å². The van der Waals surface area contributed by atoms with E-state index in [2.05, 4.69) is 5.32 Å². The number of halogens is 1. The molecule has 1 N–H and O–H groups in total. The first kappa shape index (κ1) is 22.1. The number of nitrogens with zero attached hydrogens (tertiary/aromatic N) is 1. The number of carbonyl (C=O) groups excluding carboxylic acids is 2. The first-order valence-electron chi connectivity index (χ1n) is 8.84. The quantitative estimate of drug-likeness (QED) is 0.248. The Morgan fingerprint density at radius 3 is 2.03 bits per heavy atom. The van der Waals surface area contributed by atoms with Crippen LogP contribution in [0.2, 0.25) is 5.02 Å². The molecule has 10 heteroatoms. The average molecular weight is 459 g/mol. The Hall–Kier alpha value is -3.56. The fourth-order valence-electron chi connectivity index (χ4n) is 2.79. The summed E-state index contributed by atoms with van der Waals surface area (Å²) < 4.78 is 26.4. The maximum atomic E-state index is 13.2. The van der Waals surface area contributed by atoms with Crippen LogP contribution in [-0.2, 0) is 14.6 Å². The topological polar surface area (TPSA) is 123 Å². The number of rotatable bonds is 7. The van der Waals surface area contributed by atoms with Gasteiger partial charge in [-0.2, -0.15) is 0 Å². The molecule has 0 radical (unpaired) electrons. The van der Waals surface area contributed by atoms with Crippen LogP contribution < -0.4 is 5.32 Å². The molecule has 0 saturated heterocycles. The van der Waals surface area contributed by atoms with Crippen molar-refractivity contribution in [3.8, 4) is 0 Å². The Labute approximate surface area is 182 Å². The number of anilines is 1. The Kier molecular flexibility index (Phi) is 6.47. The number of nitrogens with one attached hydrogen (secondary N) is 1. The SMILES string of the molecule is O=C(Nc1ccc(Cl)cc1)[C@H](C(=O)c1ccc([N+](=O)[O-])cc1)S(=O)(=O)c1ccccc1.